The lowest BCUT2D eigenvalue weighted by atomic mass is 10.1. The first-order valence-electron chi connectivity index (χ1n) is 6.33. The molecule has 1 aliphatic heterocycles. The Morgan fingerprint density at radius 1 is 1.45 bits per heavy atom. The molecular formula is C15H15NO2S2. The molecule has 20 heavy (non-hydrogen) atoms. The van der Waals surface area contributed by atoms with Crippen molar-refractivity contribution < 1.29 is 9.53 Å². The van der Waals surface area contributed by atoms with E-state index >= 15 is 0 Å². The maximum atomic E-state index is 12.1. The normalized spacial score (nSPS) is 18.2. The molecule has 0 saturated carbocycles. The summed E-state index contributed by atoms with van der Waals surface area (Å²) in [6.45, 7) is 2.83. The number of carbonyl (C=O) groups is 1. The molecule has 1 amide bonds. The molecule has 104 valence electrons. The Bertz CT molecular complexity index is 548. The fraction of sp³-hybridized carbons (Fsp3) is 0.333. The molecule has 0 radical (unpaired) electrons. The first-order chi connectivity index (χ1) is 9.65. The molecule has 1 aromatic rings. The van der Waals surface area contributed by atoms with Crippen LogP contribution in [0, 0.1) is 12.3 Å². The minimum Gasteiger partial charge on any atom is -0.481 e. The van der Waals surface area contributed by atoms with Crippen LogP contribution in [-0.2, 0) is 11.2 Å². The van der Waals surface area contributed by atoms with Gasteiger partial charge in [0.05, 0.1) is 5.25 Å². The molecule has 3 nitrogen and oxygen atoms in total. The van der Waals surface area contributed by atoms with Gasteiger partial charge < -0.3 is 4.74 Å². The molecule has 1 saturated heterocycles. The summed E-state index contributed by atoms with van der Waals surface area (Å²) in [5.74, 6) is 3.27. The molecule has 1 fully saturated rings. The summed E-state index contributed by atoms with van der Waals surface area (Å²) in [5.41, 5.74) is 1.09. The van der Waals surface area contributed by atoms with E-state index in [-0.39, 0.29) is 17.8 Å². The second kappa shape index (κ2) is 6.78. The van der Waals surface area contributed by atoms with Gasteiger partial charge in [0.1, 0.15) is 16.7 Å². The van der Waals surface area contributed by atoms with Crippen molar-refractivity contribution in [1.29, 1.82) is 0 Å². The third-order valence-corrected chi connectivity index (χ3v) is 4.57. The summed E-state index contributed by atoms with van der Waals surface area (Å²) in [4.78, 5) is 13.8. The van der Waals surface area contributed by atoms with Gasteiger partial charge in [-0.05, 0) is 31.0 Å². The summed E-state index contributed by atoms with van der Waals surface area (Å²) < 4.78 is 5.99. The predicted octanol–water partition coefficient (Wildman–Crippen LogP) is 2.49. The second-order valence-electron chi connectivity index (χ2n) is 4.30. The molecule has 0 bridgehead atoms. The first kappa shape index (κ1) is 14.9. The van der Waals surface area contributed by atoms with E-state index in [1.807, 2.05) is 31.2 Å². The van der Waals surface area contributed by atoms with E-state index in [9.17, 15) is 4.79 Å². The smallest absolute Gasteiger partial charge is 0.241 e. The number of rotatable bonds is 5. The van der Waals surface area contributed by atoms with E-state index in [0.29, 0.717) is 17.3 Å². The average Bonchev–Trinajstić information content (AvgIpc) is 2.72. The van der Waals surface area contributed by atoms with Crippen LogP contribution in [0.25, 0.3) is 0 Å². The Kier molecular flexibility index (Phi) is 5.05. The monoisotopic (exact) mass is 305 g/mol. The van der Waals surface area contributed by atoms with Gasteiger partial charge in [0, 0.05) is 6.54 Å². The summed E-state index contributed by atoms with van der Waals surface area (Å²) in [5, 5.41) is -0.111. The van der Waals surface area contributed by atoms with Gasteiger partial charge in [-0.25, -0.2) is 0 Å². The zero-order valence-electron chi connectivity index (χ0n) is 11.2. The highest BCUT2D eigenvalue weighted by molar-refractivity contribution is 8.24. The molecule has 1 aliphatic rings. The van der Waals surface area contributed by atoms with Crippen LogP contribution in [-0.4, -0.2) is 33.5 Å². The van der Waals surface area contributed by atoms with E-state index in [4.69, 9.17) is 23.4 Å². The van der Waals surface area contributed by atoms with Gasteiger partial charge in [-0.15, -0.1) is 6.42 Å². The third-order valence-electron chi connectivity index (χ3n) is 2.99. The van der Waals surface area contributed by atoms with Gasteiger partial charge in [0.25, 0.3) is 0 Å². The number of amides is 1. The summed E-state index contributed by atoms with van der Waals surface area (Å²) in [7, 11) is 0. The van der Waals surface area contributed by atoms with Crippen molar-refractivity contribution >= 4 is 34.2 Å². The zero-order valence-corrected chi connectivity index (χ0v) is 12.8. The lowest BCUT2D eigenvalue weighted by Crippen LogP contribution is -2.31. The number of terminal acetylenes is 1. The SMILES string of the molecule is C#CCOc1ccc(C[C@@H]2SC(=S)N(CC)C2=O)cc1. The van der Waals surface area contributed by atoms with Crippen molar-refractivity contribution in [3.05, 3.63) is 29.8 Å². The first-order valence-corrected chi connectivity index (χ1v) is 7.61. The van der Waals surface area contributed by atoms with E-state index in [1.165, 1.54) is 11.8 Å². The Morgan fingerprint density at radius 3 is 2.70 bits per heavy atom. The number of carbonyl (C=O) groups excluding carboxylic acids is 1. The van der Waals surface area contributed by atoms with Crippen LogP contribution in [0.4, 0.5) is 0 Å². The molecule has 0 unspecified atom stereocenters. The lowest BCUT2D eigenvalue weighted by molar-refractivity contribution is -0.125. The van der Waals surface area contributed by atoms with Crippen molar-refractivity contribution in [3.63, 3.8) is 0 Å². The van der Waals surface area contributed by atoms with Gasteiger partial charge in [-0.2, -0.15) is 0 Å². The van der Waals surface area contributed by atoms with Crippen molar-refractivity contribution in [2.24, 2.45) is 0 Å². The van der Waals surface area contributed by atoms with Crippen molar-refractivity contribution in [1.82, 2.24) is 4.90 Å². The number of nitrogens with zero attached hydrogens (tertiary/aromatic N) is 1. The fourth-order valence-electron chi connectivity index (χ4n) is 1.97. The van der Waals surface area contributed by atoms with Gasteiger partial charge in [-0.1, -0.05) is 42.0 Å². The van der Waals surface area contributed by atoms with E-state index in [0.717, 1.165) is 11.3 Å². The summed E-state index contributed by atoms with van der Waals surface area (Å²) >= 11 is 6.68. The highest BCUT2D eigenvalue weighted by atomic mass is 32.2. The fourth-order valence-corrected chi connectivity index (χ4v) is 3.64. The number of hydrogen-bond donors (Lipinski definition) is 0. The molecule has 0 spiro atoms. The predicted molar refractivity (Wildman–Crippen MR) is 85.8 cm³/mol. The molecule has 1 atom stereocenters. The molecule has 1 heterocycles. The average molecular weight is 305 g/mol. The van der Waals surface area contributed by atoms with E-state index in [2.05, 4.69) is 5.92 Å². The van der Waals surface area contributed by atoms with Gasteiger partial charge >= 0.3 is 0 Å². The maximum absolute atomic E-state index is 12.1. The Labute approximate surface area is 128 Å². The van der Waals surface area contributed by atoms with Crippen LogP contribution < -0.4 is 4.74 Å². The molecule has 1 aromatic carbocycles. The molecule has 5 heteroatoms. The summed E-state index contributed by atoms with van der Waals surface area (Å²) in [6.07, 6.45) is 5.81. The molecule has 0 aliphatic carbocycles. The van der Waals surface area contributed by atoms with Crippen LogP contribution in [0.15, 0.2) is 24.3 Å². The third kappa shape index (κ3) is 3.33. The van der Waals surface area contributed by atoms with Crippen LogP contribution in [0.2, 0.25) is 0 Å². The van der Waals surface area contributed by atoms with Crippen molar-refractivity contribution in [3.8, 4) is 18.1 Å². The Balaban J connectivity index is 1.99. The topological polar surface area (TPSA) is 29.5 Å². The second-order valence-corrected chi connectivity index (χ2v) is 6.13. The highest BCUT2D eigenvalue weighted by Crippen LogP contribution is 2.29. The van der Waals surface area contributed by atoms with Gasteiger partial charge in [0.15, 0.2) is 0 Å². The number of thiocarbonyl (C=S) groups is 1. The number of benzene rings is 1. The molecule has 2 rings (SSSR count). The zero-order chi connectivity index (χ0) is 14.5. The molecular weight excluding hydrogens is 290 g/mol. The Morgan fingerprint density at radius 2 is 2.15 bits per heavy atom. The van der Waals surface area contributed by atoms with Crippen LogP contribution >= 0.6 is 24.0 Å². The van der Waals surface area contributed by atoms with Crippen LogP contribution in [0.3, 0.4) is 0 Å². The minimum absolute atomic E-state index is 0.107. The van der Waals surface area contributed by atoms with Gasteiger partial charge in [-0.3, -0.25) is 9.69 Å². The van der Waals surface area contributed by atoms with Crippen LogP contribution in [0.5, 0.6) is 5.75 Å². The van der Waals surface area contributed by atoms with Crippen molar-refractivity contribution in [2.75, 3.05) is 13.2 Å². The molecule has 0 aromatic heterocycles. The number of ether oxygens (including phenoxy) is 1. The maximum Gasteiger partial charge on any atom is 0.241 e. The largest absolute Gasteiger partial charge is 0.481 e. The quantitative estimate of drug-likeness (QED) is 0.617. The number of hydrogen-bond acceptors (Lipinski definition) is 4. The van der Waals surface area contributed by atoms with Gasteiger partial charge in [0.2, 0.25) is 5.91 Å². The highest BCUT2D eigenvalue weighted by Gasteiger charge is 2.35. The summed E-state index contributed by atoms with van der Waals surface area (Å²) in [6, 6.07) is 7.65. The minimum atomic E-state index is -0.111. The Hall–Kier alpha value is -1.51. The van der Waals surface area contributed by atoms with E-state index in [1.54, 1.807) is 4.90 Å². The van der Waals surface area contributed by atoms with E-state index < -0.39 is 0 Å². The van der Waals surface area contributed by atoms with Crippen LogP contribution in [0.1, 0.15) is 12.5 Å². The number of thioether (sulfide) groups is 1. The van der Waals surface area contributed by atoms with Crippen molar-refractivity contribution in [2.45, 2.75) is 18.6 Å². The lowest BCUT2D eigenvalue weighted by Gasteiger charge is -2.12. The standard InChI is InChI=1S/C15H15NO2S2/c1-3-9-18-12-7-5-11(6-8-12)10-13-14(17)16(4-2)15(19)20-13/h1,5-8,13H,4,9-10H2,2H3/t13-/m0/s1. The molecule has 0 N–H and O–H groups in total.